The molecule has 5 nitrogen and oxygen atoms in total. The molecule has 0 saturated carbocycles. The summed E-state index contributed by atoms with van der Waals surface area (Å²) in [6.45, 7) is 18.0. The maximum absolute atomic E-state index is 13.5. The highest BCUT2D eigenvalue weighted by atomic mass is 28.3. The second kappa shape index (κ2) is 6.61. The highest BCUT2D eigenvalue weighted by Gasteiger charge is 2.64. The molecule has 3 atom stereocenters. The number of carbonyl (C=O) groups excluding carboxylic acids is 2. The maximum Gasteiger partial charge on any atom is 0.411 e. The van der Waals surface area contributed by atoms with Crippen LogP contribution in [0.1, 0.15) is 53.1 Å². The third-order valence-electron chi connectivity index (χ3n) is 6.79. The van der Waals surface area contributed by atoms with Gasteiger partial charge in [-0.3, -0.25) is 9.69 Å². The first kappa shape index (κ1) is 20.9. The highest BCUT2D eigenvalue weighted by molar-refractivity contribution is 6.80. The van der Waals surface area contributed by atoms with Gasteiger partial charge in [0.15, 0.2) is 8.24 Å². The molecule has 6 heteroatoms. The highest BCUT2D eigenvalue weighted by Crippen LogP contribution is 2.50. The molecule has 0 bridgehead atoms. The fourth-order valence-electron chi connectivity index (χ4n) is 4.26. The first-order chi connectivity index (χ1) is 12.8. The number of ether oxygens (including phenoxy) is 1. The zero-order chi connectivity index (χ0) is 21.1. The average Bonchev–Trinajstić information content (AvgIpc) is 2.92. The number of rotatable bonds is 3. The van der Waals surface area contributed by atoms with Crippen LogP contribution in [0.15, 0.2) is 30.3 Å². The number of amides is 2. The van der Waals surface area contributed by atoms with Gasteiger partial charge in [0, 0.05) is 0 Å². The Morgan fingerprint density at radius 3 is 2.07 bits per heavy atom. The molecular formula is C22H34N2O3Si. The Kier molecular flexibility index (Phi) is 4.94. The Balaban J connectivity index is 2.01. The molecule has 0 spiro atoms. The molecule has 0 aromatic heterocycles. The quantitative estimate of drug-likeness (QED) is 0.538. The second-order valence-corrected chi connectivity index (χ2v) is 15.8. The Bertz CT molecular complexity index is 764. The van der Waals surface area contributed by atoms with Crippen LogP contribution < -0.4 is 0 Å². The molecule has 2 heterocycles. The summed E-state index contributed by atoms with van der Waals surface area (Å²) in [6, 6.07) is 9.18. The minimum atomic E-state index is -2.07. The summed E-state index contributed by atoms with van der Waals surface area (Å²) >= 11 is 0. The molecule has 3 rings (SSSR count). The van der Waals surface area contributed by atoms with Crippen LogP contribution in [0.3, 0.4) is 0 Å². The van der Waals surface area contributed by atoms with Crippen LogP contribution >= 0.6 is 0 Å². The Morgan fingerprint density at radius 1 is 1.00 bits per heavy atom. The van der Waals surface area contributed by atoms with Crippen molar-refractivity contribution in [3.63, 3.8) is 0 Å². The average molecular weight is 403 g/mol. The zero-order valence-electron chi connectivity index (χ0n) is 18.4. The summed E-state index contributed by atoms with van der Waals surface area (Å²) in [5, 5.41) is 0.0431. The topological polar surface area (TPSA) is 49.9 Å². The largest absolute Gasteiger partial charge is 0.447 e. The normalized spacial score (nSPS) is 26.4. The standard InChI is InChI=1S/C22H34N2O3Si/c1-21(2,3)18-17(19(25)24(18)28(7,8)22(4,5)6)23-16(14-27-20(23)26)15-12-10-9-11-13-15/h9-13,16-18H,14H2,1-8H3/t16-,17+,18-/m1/s1. The summed E-state index contributed by atoms with van der Waals surface area (Å²) in [7, 11) is -2.07. The van der Waals surface area contributed by atoms with Crippen molar-refractivity contribution in [3.05, 3.63) is 35.9 Å². The van der Waals surface area contributed by atoms with Crippen molar-refractivity contribution in [2.24, 2.45) is 5.41 Å². The molecule has 2 aliphatic rings. The van der Waals surface area contributed by atoms with E-state index in [1.54, 1.807) is 4.90 Å². The number of carbonyl (C=O) groups is 2. The summed E-state index contributed by atoms with van der Waals surface area (Å²) < 4.78 is 7.56. The van der Waals surface area contributed by atoms with Gasteiger partial charge in [0.05, 0.1) is 12.1 Å². The number of nitrogens with zero attached hydrogens (tertiary/aromatic N) is 2. The fourth-order valence-corrected chi connectivity index (χ4v) is 6.89. The van der Waals surface area contributed by atoms with Crippen molar-refractivity contribution in [2.45, 2.75) is 77.8 Å². The first-order valence-electron chi connectivity index (χ1n) is 10.1. The summed E-state index contributed by atoms with van der Waals surface area (Å²) in [4.78, 5) is 27.9. The maximum atomic E-state index is 13.5. The number of hydrogen-bond acceptors (Lipinski definition) is 3. The van der Waals surface area contributed by atoms with E-state index in [9.17, 15) is 9.59 Å². The van der Waals surface area contributed by atoms with Crippen LogP contribution in [-0.4, -0.2) is 48.4 Å². The summed E-state index contributed by atoms with van der Waals surface area (Å²) in [5.74, 6) is 0.0753. The fraction of sp³-hybridized carbons (Fsp3) is 0.636. The second-order valence-electron chi connectivity index (χ2n) is 10.7. The van der Waals surface area contributed by atoms with Crippen LogP contribution in [0.4, 0.5) is 4.79 Å². The Hall–Kier alpha value is -1.82. The van der Waals surface area contributed by atoms with Crippen molar-refractivity contribution in [2.75, 3.05) is 6.61 Å². The van der Waals surface area contributed by atoms with E-state index in [0.29, 0.717) is 6.61 Å². The monoisotopic (exact) mass is 402 g/mol. The molecule has 0 unspecified atom stereocenters. The van der Waals surface area contributed by atoms with E-state index in [1.807, 2.05) is 30.3 Å². The van der Waals surface area contributed by atoms with Crippen molar-refractivity contribution >= 4 is 20.2 Å². The van der Waals surface area contributed by atoms with Gasteiger partial charge in [0.25, 0.3) is 0 Å². The van der Waals surface area contributed by atoms with E-state index in [1.165, 1.54) is 0 Å². The SMILES string of the molecule is CC(C)(C)[C@H]1[C@H](N2C(=O)OC[C@@H]2c2ccccc2)C(=O)N1[Si](C)(C)C(C)(C)C. The van der Waals surface area contributed by atoms with E-state index >= 15 is 0 Å². The van der Waals surface area contributed by atoms with Gasteiger partial charge in [-0.15, -0.1) is 0 Å². The van der Waals surface area contributed by atoms with Crippen molar-refractivity contribution in [1.29, 1.82) is 0 Å². The molecule has 28 heavy (non-hydrogen) atoms. The number of hydrogen-bond donors (Lipinski definition) is 0. The van der Waals surface area contributed by atoms with E-state index in [2.05, 4.69) is 59.2 Å². The third-order valence-corrected chi connectivity index (χ3v) is 12.2. The van der Waals surface area contributed by atoms with Crippen LogP contribution in [0.25, 0.3) is 0 Å². The molecular weight excluding hydrogens is 368 g/mol. The van der Waals surface area contributed by atoms with E-state index in [0.717, 1.165) is 5.56 Å². The molecule has 0 radical (unpaired) electrons. The van der Waals surface area contributed by atoms with Gasteiger partial charge in [-0.25, -0.2) is 4.79 Å². The lowest BCUT2D eigenvalue weighted by Gasteiger charge is -2.63. The van der Waals surface area contributed by atoms with Crippen molar-refractivity contribution < 1.29 is 14.3 Å². The van der Waals surface area contributed by atoms with Crippen LogP contribution in [-0.2, 0) is 9.53 Å². The number of cyclic esters (lactones) is 1. The van der Waals surface area contributed by atoms with Crippen molar-refractivity contribution in [1.82, 2.24) is 9.47 Å². The minimum Gasteiger partial charge on any atom is -0.447 e. The molecule has 0 aliphatic carbocycles. The lowest BCUT2D eigenvalue weighted by molar-refractivity contribution is -0.156. The molecule has 154 valence electrons. The predicted molar refractivity (Wildman–Crippen MR) is 113 cm³/mol. The van der Waals surface area contributed by atoms with Crippen LogP contribution in [0, 0.1) is 5.41 Å². The summed E-state index contributed by atoms with van der Waals surface area (Å²) in [5.41, 5.74) is 0.873. The lowest BCUT2D eigenvalue weighted by Crippen LogP contribution is -2.81. The zero-order valence-corrected chi connectivity index (χ0v) is 19.4. The molecule has 2 fully saturated rings. The summed E-state index contributed by atoms with van der Waals surface area (Å²) in [6.07, 6.45) is -0.378. The van der Waals surface area contributed by atoms with Gasteiger partial charge < -0.3 is 9.30 Å². The Morgan fingerprint density at radius 2 is 1.57 bits per heavy atom. The molecule has 2 amide bonds. The van der Waals surface area contributed by atoms with E-state index in [-0.39, 0.29) is 34.5 Å². The molecule has 0 N–H and O–H groups in total. The van der Waals surface area contributed by atoms with Gasteiger partial charge in [-0.1, -0.05) is 85.0 Å². The molecule has 1 aromatic rings. The smallest absolute Gasteiger partial charge is 0.411 e. The lowest BCUT2D eigenvalue weighted by atomic mass is 9.76. The van der Waals surface area contributed by atoms with Gasteiger partial charge >= 0.3 is 6.09 Å². The third kappa shape index (κ3) is 3.15. The van der Waals surface area contributed by atoms with E-state index in [4.69, 9.17) is 4.74 Å². The Labute approximate surface area is 170 Å². The first-order valence-corrected chi connectivity index (χ1v) is 13.1. The minimum absolute atomic E-state index is 0.0160. The van der Waals surface area contributed by atoms with Crippen LogP contribution in [0.5, 0.6) is 0 Å². The number of benzene rings is 1. The molecule has 2 saturated heterocycles. The molecule has 2 aliphatic heterocycles. The molecule has 1 aromatic carbocycles. The number of β-lactam (4-membered cyclic amide) rings is 1. The van der Waals surface area contributed by atoms with Gasteiger partial charge in [-0.2, -0.15) is 0 Å². The van der Waals surface area contributed by atoms with Gasteiger partial charge in [-0.05, 0) is 16.0 Å². The van der Waals surface area contributed by atoms with E-state index < -0.39 is 14.3 Å². The van der Waals surface area contributed by atoms with Crippen molar-refractivity contribution in [3.8, 4) is 0 Å². The van der Waals surface area contributed by atoms with Gasteiger partial charge in [0.1, 0.15) is 12.6 Å². The van der Waals surface area contributed by atoms with Crippen LogP contribution in [0.2, 0.25) is 18.1 Å². The predicted octanol–water partition coefficient (Wildman–Crippen LogP) is 4.81. The van der Waals surface area contributed by atoms with Gasteiger partial charge in [0.2, 0.25) is 5.91 Å².